The summed E-state index contributed by atoms with van der Waals surface area (Å²) in [7, 11) is 0. The molecule has 6 N–H and O–H groups in total. The van der Waals surface area contributed by atoms with Gasteiger partial charge >= 0.3 is 11.9 Å². The van der Waals surface area contributed by atoms with Gasteiger partial charge in [0.1, 0.15) is 0 Å². The van der Waals surface area contributed by atoms with Crippen LogP contribution in [0.4, 0.5) is 0 Å². The molecule has 0 aromatic heterocycles. The lowest BCUT2D eigenvalue weighted by Crippen LogP contribution is -2.21. The summed E-state index contributed by atoms with van der Waals surface area (Å²) in [5.74, 6) is -3.99. The fraction of sp³-hybridized carbons (Fsp3) is 0.294. The maximum Gasteiger partial charge on any atom is 0.336 e. The maximum absolute atomic E-state index is 13.3. The first kappa shape index (κ1) is 30.7. The molecule has 0 fully saturated rings. The molecule has 228 valence electrons. The van der Waals surface area contributed by atoms with Crippen molar-refractivity contribution in [2.45, 2.75) is 39.5 Å². The van der Waals surface area contributed by atoms with Gasteiger partial charge in [-0.05, 0) is 87.3 Å². The van der Waals surface area contributed by atoms with Crippen LogP contribution in [0, 0.1) is 0 Å². The zero-order chi connectivity index (χ0) is 31.7. The SMILES string of the molecule is CCCOCCc1c(C(N)=O)c2c(C(N)=O)ccc3c4ccc(C(=O)O)c5c(C(=O)O)ccc(c(c1CCOCCC)c23)c54. The first-order valence-corrected chi connectivity index (χ1v) is 14.6. The smallest absolute Gasteiger partial charge is 0.336 e. The van der Waals surface area contributed by atoms with Gasteiger partial charge in [-0.3, -0.25) is 9.59 Å². The fourth-order valence-corrected chi connectivity index (χ4v) is 6.40. The lowest BCUT2D eigenvalue weighted by Gasteiger charge is -2.24. The molecule has 5 aromatic carbocycles. The van der Waals surface area contributed by atoms with Crippen molar-refractivity contribution >= 4 is 66.8 Å². The average molecular weight is 599 g/mol. The highest BCUT2D eigenvalue weighted by atomic mass is 16.5. The number of carbonyl (C=O) groups excluding carboxylic acids is 2. The molecule has 0 saturated heterocycles. The normalized spacial score (nSPS) is 11.7. The minimum atomic E-state index is -1.26. The van der Waals surface area contributed by atoms with Crippen molar-refractivity contribution in [3.8, 4) is 0 Å². The predicted octanol–water partition coefficient (Wildman–Crippen LogP) is 5.27. The minimum absolute atomic E-state index is 0.0952. The third-order valence-electron chi connectivity index (χ3n) is 8.06. The molecule has 5 rings (SSSR count). The summed E-state index contributed by atoms with van der Waals surface area (Å²) in [6, 6.07) is 9.29. The Hall–Kier alpha value is -4.80. The van der Waals surface area contributed by atoms with E-state index in [1.165, 1.54) is 18.2 Å². The Kier molecular flexibility index (Phi) is 8.66. The molecule has 0 unspecified atom stereocenters. The minimum Gasteiger partial charge on any atom is -0.478 e. The highest BCUT2D eigenvalue weighted by molar-refractivity contribution is 6.39. The van der Waals surface area contributed by atoms with Gasteiger partial charge in [-0.15, -0.1) is 0 Å². The van der Waals surface area contributed by atoms with Crippen LogP contribution in [0.15, 0.2) is 36.4 Å². The van der Waals surface area contributed by atoms with E-state index >= 15 is 0 Å². The number of ether oxygens (including phenoxy) is 2. The summed E-state index contributed by atoms with van der Waals surface area (Å²) in [6.07, 6.45) is 2.27. The summed E-state index contributed by atoms with van der Waals surface area (Å²) in [5.41, 5.74) is 13.3. The molecular weight excluding hydrogens is 564 g/mol. The molecule has 5 aromatic rings. The molecule has 0 aliphatic heterocycles. The van der Waals surface area contributed by atoms with Crippen LogP contribution in [0.3, 0.4) is 0 Å². The second kappa shape index (κ2) is 12.4. The molecule has 0 aliphatic carbocycles. The second-order valence-corrected chi connectivity index (χ2v) is 10.8. The van der Waals surface area contributed by atoms with Gasteiger partial charge in [-0.25, -0.2) is 9.59 Å². The van der Waals surface area contributed by atoms with Gasteiger partial charge in [0.25, 0.3) is 0 Å². The number of hydrogen-bond donors (Lipinski definition) is 4. The van der Waals surface area contributed by atoms with Crippen LogP contribution in [-0.2, 0) is 22.3 Å². The standard InChI is InChI=1S/C34H34N2O8/c1-3-13-43-15-11-19-20(12-16-44-14-4-2)30(32(36)38)29-22(31(35)37)8-5-18-17-6-9-23(33(39)40)27-24(34(41)42)10-7-21(25(17)27)26(19)28(18)29/h5-10H,3-4,11-16H2,1-2H3,(H2,35,37)(H2,36,38)(H,39,40)(H,41,42). The Morgan fingerprint density at radius 3 is 1.57 bits per heavy atom. The first-order chi connectivity index (χ1) is 21.1. The third kappa shape index (κ3) is 5.06. The number of carboxylic acid groups (broad SMARTS) is 2. The Labute approximate surface area is 252 Å². The molecular formula is C34H34N2O8. The van der Waals surface area contributed by atoms with Crippen LogP contribution >= 0.6 is 0 Å². The molecule has 0 saturated carbocycles. The summed E-state index contributed by atoms with van der Waals surface area (Å²) < 4.78 is 11.7. The van der Waals surface area contributed by atoms with E-state index in [2.05, 4.69) is 0 Å². The number of carboxylic acids is 2. The van der Waals surface area contributed by atoms with Crippen LogP contribution < -0.4 is 11.5 Å². The molecule has 2 amide bonds. The van der Waals surface area contributed by atoms with E-state index in [9.17, 15) is 29.4 Å². The number of benzene rings is 5. The van der Waals surface area contributed by atoms with Crippen LogP contribution in [0.5, 0.6) is 0 Å². The van der Waals surface area contributed by atoms with E-state index in [0.717, 1.165) is 18.4 Å². The molecule has 44 heavy (non-hydrogen) atoms. The first-order valence-electron chi connectivity index (χ1n) is 14.6. The number of carbonyl (C=O) groups is 4. The number of nitrogens with two attached hydrogens (primary N) is 2. The van der Waals surface area contributed by atoms with Crippen LogP contribution in [0.25, 0.3) is 43.1 Å². The van der Waals surface area contributed by atoms with Crippen molar-refractivity contribution in [1.82, 2.24) is 0 Å². The third-order valence-corrected chi connectivity index (χ3v) is 8.06. The Bertz CT molecular complexity index is 1940. The van der Waals surface area contributed by atoms with Gasteiger partial charge in [0.15, 0.2) is 0 Å². The highest BCUT2D eigenvalue weighted by Crippen LogP contribution is 2.46. The molecule has 10 heteroatoms. The topological polar surface area (TPSA) is 179 Å². The van der Waals surface area contributed by atoms with Crippen LogP contribution in [0.1, 0.15) is 79.2 Å². The lowest BCUT2D eigenvalue weighted by atomic mass is 9.79. The Morgan fingerprint density at radius 1 is 0.568 bits per heavy atom. The molecule has 0 atom stereocenters. The zero-order valence-corrected chi connectivity index (χ0v) is 24.6. The second-order valence-electron chi connectivity index (χ2n) is 10.8. The molecule has 0 aliphatic rings. The lowest BCUT2D eigenvalue weighted by molar-refractivity contribution is 0.0695. The summed E-state index contributed by atoms with van der Waals surface area (Å²) in [6.45, 7) is 5.62. The van der Waals surface area contributed by atoms with Gasteiger partial charge in [0.2, 0.25) is 11.8 Å². The van der Waals surface area contributed by atoms with Crippen molar-refractivity contribution in [1.29, 1.82) is 0 Å². The zero-order valence-electron chi connectivity index (χ0n) is 24.6. The summed E-state index contributed by atoms with van der Waals surface area (Å²) in [5, 5.41) is 24.0. The quantitative estimate of drug-likeness (QED) is 0.0758. The van der Waals surface area contributed by atoms with Crippen molar-refractivity contribution in [2.75, 3.05) is 26.4 Å². The molecule has 0 bridgehead atoms. The summed E-state index contributed by atoms with van der Waals surface area (Å²) in [4.78, 5) is 50.9. The van der Waals surface area contributed by atoms with E-state index in [1.54, 1.807) is 18.2 Å². The Balaban J connectivity index is 2.07. The maximum atomic E-state index is 13.3. The van der Waals surface area contributed by atoms with Crippen molar-refractivity contribution < 1.29 is 38.9 Å². The van der Waals surface area contributed by atoms with Gasteiger partial charge < -0.3 is 31.2 Å². The van der Waals surface area contributed by atoms with Crippen LogP contribution in [0.2, 0.25) is 0 Å². The van der Waals surface area contributed by atoms with Gasteiger partial charge in [-0.2, -0.15) is 0 Å². The van der Waals surface area contributed by atoms with E-state index in [0.29, 0.717) is 75.9 Å². The predicted molar refractivity (Wildman–Crippen MR) is 168 cm³/mol. The van der Waals surface area contributed by atoms with Gasteiger partial charge in [-0.1, -0.05) is 32.0 Å². The number of hydrogen-bond acceptors (Lipinski definition) is 6. The van der Waals surface area contributed by atoms with Crippen molar-refractivity contribution in [2.24, 2.45) is 11.5 Å². The summed E-state index contributed by atoms with van der Waals surface area (Å²) >= 11 is 0. The van der Waals surface area contributed by atoms with E-state index in [1.807, 2.05) is 13.8 Å². The number of aromatic carboxylic acids is 2. The number of amides is 2. The number of fused-ring (bicyclic) bond motifs is 2. The van der Waals surface area contributed by atoms with Gasteiger partial charge in [0.05, 0.1) is 29.9 Å². The average Bonchev–Trinajstić information content (AvgIpc) is 2.99. The number of primary amides is 2. The monoisotopic (exact) mass is 598 g/mol. The van der Waals surface area contributed by atoms with Crippen LogP contribution in [-0.4, -0.2) is 60.4 Å². The molecule has 0 radical (unpaired) electrons. The molecule has 0 spiro atoms. The largest absolute Gasteiger partial charge is 0.478 e. The highest BCUT2D eigenvalue weighted by Gasteiger charge is 2.29. The Morgan fingerprint density at radius 2 is 1.07 bits per heavy atom. The van der Waals surface area contributed by atoms with Crippen molar-refractivity contribution in [3.05, 3.63) is 69.8 Å². The van der Waals surface area contributed by atoms with Crippen molar-refractivity contribution in [3.63, 3.8) is 0 Å². The van der Waals surface area contributed by atoms with E-state index in [4.69, 9.17) is 20.9 Å². The fourth-order valence-electron chi connectivity index (χ4n) is 6.40. The van der Waals surface area contributed by atoms with Gasteiger partial charge in [0, 0.05) is 29.5 Å². The van der Waals surface area contributed by atoms with E-state index < -0.39 is 23.8 Å². The van der Waals surface area contributed by atoms with E-state index in [-0.39, 0.29) is 34.2 Å². The molecule has 0 heterocycles. The molecule has 10 nitrogen and oxygen atoms in total. The number of rotatable bonds is 14.